The van der Waals surface area contributed by atoms with Gasteiger partial charge in [-0.25, -0.2) is 19.9 Å². The largest absolute Gasteiger partial charge is 0.341 e. The van der Waals surface area contributed by atoms with E-state index in [2.05, 4.69) is 29.9 Å². The number of nitrogens with zero attached hydrogens (tertiary/aromatic N) is 4. The molecule has 0 saturated heterocycles. The van der Waals surface area contributed by atoms with Gasteiger partial charge in [-0.2, -0.15) is 0 Å². The summed E-state index contributed by atoms with van der Waals surface area (Å²) in [6, 6.07) is 7.83. The molecule has 0 saturated carbocycles. The predicted octanol–water partition coefficient (Wildman–Crippen LogP) is 2.51. The fourth-order valence-corrected chi connectivity index (χ4v) is 2.29. The highest BCUT2D eigenvalue weighted by molar-refractivity contribution is 5.86. The van der Waals surface area contributed by atoms with Gasteiger partial charge in [-0.1, -0.05) is 6.07 Å². The zero-order chi connectivity index (χ0) is 13.7. The molecular formula is C14H12N6. The molecule has 0 aliphatic heterocycles. The second-order valence-corrected chi connectivity index (χ2v) is 4.80. The van der Waals surface area contributed by atoms with Crippen LogP contribution in [-0.4, -0.2) is 29.9 Å². The molecule has 0 atom stereocenters. The van der Waals surface area contributed by atoms with E-state index in [0.717, 1.165) is 34.1 Å². The third kappa shape index (κ3) is 1.65. The Kier molecular flexibility index (Phi) is 2.14. The second kappa shape index (κ2) is 3.86. The summed E-state index contributed by atoms with van der Waals surface area (Å²) in [6.07, 6.45) is 0. The van der Waals surface area contributed by atoms with E-state index in [9.17, 15) is 0 Å². The number of nitrogens with one attached hydrogen (secondary N) is 2. The summed E-state index contributed by atoms with van der Waals surface area (Å²) in [7, 11) is 0. The molecule has 4 heterocycles. The Labute approximate surface area is 114 Å². The van der Waals surface area contributed by atoms with Gasteiger partial charge in [0.2, 0.25) is 0 Å². The molecule has 4 aromatic heterocycles. The first kappa shape index (κ1) is 11.1. The van der Waals surface area contributed by atoms with Crippen LogP contribution in [0.15, 0.2) is 24.3 Å². The summed E-state index contributed by atoms with van der Waals surface area (Å²) in [4.78, 5) is 24.2. The van der Waals surface area contributed by atoms with Crippen LogP contribution in [-0.2, 0) is 0 Å². The van der Waals surface area contributed by atoms with E-state index >= 15 is 0 Å². The van der Waals surface area contributed by atoms with Crippen molar-refractivity contribution < 1.29 is 0 Å². The van der Waals surface area contributed by atoms with Crippen LogP contribution < -0.4 is 0 Å². The highest BCUT2D eigenvalue weighted by Crippen LogP contribution is 2.20. The maximum absolute atomic E-state index is 4.50. The molecule has 0 fully saturated rings. The van der Waals surface area contributed by atoms with Crippen molar-refractivity contribution in [1.29, 1.82) is 0 Å². The molecule has 4 aromatic rings. The molecule has 0 aromatic carbocycles. The number of H-pyrrole nitrogens is 2. The Morgan fingerprint density at radius 3 is 2.50 bits per heavy atom. The summed E-state index contributed by atoms with van der Waals surface area (Å²) >= 11 is 0. The number of imidazole rings is 2. The number of fused-ring (bicyclic) bond motifs is 2. The van der Waals surface area contributed by atoms with Gasteiger partial charge in [0.05, 0.1) is 11.0 Å². The van der Waals surface area contributed by atoms with E-state index in [4.69, 9.17) is 0 Å². The summed E-state index contributed by atoms with van der Waals surface area (Å²) in [5.74, 6) is 1.57. The van der Waals surface area contributed by atoms with E-state index < -0.39 is 0 Å². The van der Waals surface area contributed by atoms with Gasteiger partial charge in [-0.3, -0.25) is 0 Å². The SMILES string of the molecule is Cc1cccc(-c2nc3nc4nc(C)[nH]c4cc3[nH]2)n1. The number of aryl methyl sites for hydroxylation is 2. The molecule has 0 bridgehead atoms. The molecule has 20 heavy (non-hydrogen) atoms. The van der Waals surface area contributed by atoms with Crippen molar-refractivity contribution in [3.63, 3.8) is 0 Å². The first-order chi connectivity index (χ1) is 9.69. The number of rotatable bonds is 1. The van der Waals surface area contributed by atoms with Crippen molar-refractivity contribution in [2.24, 2.45) is 0 Å². The minimum Gasteiger partial charge on any atom is -0.341 e. The van der Waals surface area contributed by atoms with Crippen molar-refractivity contribution in [2.45, 2.75) is 13.8 Å². The maximum Gasteiger partial charge on any atom is 0.180 e. The van der Waals surface area contributed by atoms with Gasteiger partial charge >= 0.3 is 0 Å². The zero-order valence-electron chi connectivity index (χ0n) is 11.1. The van der Waals surface area contributed by atoms with E-state index in [1.807, 2.05) is 38.1 Å². The normalized spacial score (nSPS) is 11.5. The third-order valence-corrected chi connectivity index (χ3v) is 3.17. The first-order valence-corrected chi connectivity index (χ1v) is 6.36. The Hall–Kier alpha value is -2.76. The van der Waals surface area contributed by atoms with Crippen molar-refractivity contribution >= 4 is 22.3 Å². The minimum atomic E-state index is 0.655. The van der Waals surface area contributed by atoms with Crippen molar-refractivity contribution in [3.8, 4) is 11.5 Å². The molecule has 0 aliphatic rings. The number of aromatic amines is 2. The molecule has 0 amide bonds. The Balaban J connectivity index is 1.94. The summed E-state index contributed by atoms with van der Waals surface area (Å²) in [6.45, 7) is 3.87. The first-order valence-electron chi connectivity index (χ1n) is 6.36. The maximum atomic E-state index is 4.50. The predicted molar refractivity (Wildman–Crippen MR) is 76.2 cm³/mol. The zero-order valence-corrected chi connectivity index (χ0v) is 11.1. The molecular weight excluding hydrogens is 252 g/mol. The molecule has 0 unspecified atom stereocenters. The van der Waals surface area contributed by atoms with Gasteiger partial charge in [0.25, 0.3) is 0 Å². The Morgan fingerprint density at radius 1 is 0.850 bits per heavy atom. The van der Waals surface area contributed by atoms with Crippen LogP contribution in [0.25, 0.3) is 33.8 Å². The fraction of sp³-hybridized carbons (Fsp3) is 0.143. The lowest BCUT2D eigenvalue weighted by Gasteiger charge is -1.96. The number of aromatic nitrogens is 6. The Morgan fingerprint density at radius 2 is 1.65 bits per heavy atom. The molecule has 6 nitrogen and oxygen atoms in total. The molecule has 2 N–H and O–H groups in total. The third-order valence-electron chi connectivity index (χ3n) is 3.17. The molecule has 4 rings (SSSR count). The lowest BCUT2D eigenvalue weighted by atomic mass is 10.3. The van der Waals surface area contributed by atoms with Gasteiger partial charge < -0.3 is 9.97 Å². The fourth-order valence-electron chi connectivity index (χ4n) is 2.29. The van der Waals surface area contributed by atoms with Gasteiger partial charge in [-0.05, 0) is 32.0 Å². The van der Waals surface area contributed by atoms with Gasteiger partial charge in [-0.15, -0.1) is 0 Å². The number of hydrogen-bond acceptors (Lipinski definition) is 4. The number of hydrogen-bond donors (Lipinski definition) is 2. The molecule has 0 aliphatic carbocycles. The topological polar surface area (TPSA) is 83.1 Å². The second-order valence-electron chi connectivity index (χ2n) is 4.80. The smallest absolute Gasteiger partial charge is 0.180 e. The summed E-state index contributed by atoms with van der Waals surface area (Å²) < 4.78 is 0. The van der Waals surface area contributed by atoms with Crippen molar-refractivity contribution in [3.05, 3.63) is 35.8 Å². The van der Waals surface area contributed by atoms with Crippen LogP contribution in [0.4, 0.5) is 0 Å². The van der Waals surface area contributed by atoms with Crippen LogP contribution in [0.2, 0.25) is 0 Å². The average molecular weight is 264 g/mol. The van der Waals surface area contributed by atoms with Crippen LogP contribution in [0.5, 0.6) is 0 Å². The van der Waals surface area contributed by atoms with E-state index in [0.29, 0.717) is 11.3 Å². The van der Waals surface area contributed by atoms with Crippen molar-refractivity contribution in [2.75, 3.05) is 0 Å². The highest BCUT2D eigenvalue weighted by atomic mass is 15.1. The minimum absolute atomic E-state index is 0.655. The lowest BCUT2D eigenvalue weighted by Crippen LogP contribution is -1.87. The summed E-state index contributed by atoms with van der Waals surface area (Å²) in [5, 5.41) is 0. The number of pyridine rings is 2. The highest BCUT2D eigenvalue weighted by Gasteiger charge is 2.10. The molecule has 0 spiro atoms. The Bertz CT molecular complexity index is 882. The summed E-state index contributed by atoms with van der Waals surface area (Å²) in [5.41, 5.74) is 4.89. The van der Waals surface area contributed by atoms with Gasteiger partial charge in [0, 0.05) is 5.69 Å². The van der Waals surface area contributed by atoms with Crippen LogP contribution >= 0.6 is 0 Å². The lowest BCUT2D eigenvalue weighted by molar-refractivity contribution is 1.15. The molecule has 6 heteroatoms. The van der Waals surface area contributed by atoms with Crippen LogP contribution in [0.3, 0.4) is 0 Å². The monoisotopic (exact) mass is 264 g/mol. The molecule has 0 radical (unpaired) electrons. The van der Waals surface area contributed by atoms with Crippen LogP contribution in [0.1, 0.15) is 11.5 Å². The van der Waals surface area contributed by atoms with Gasteiger partial charge in [0.15, 0.2) is 17.1 Å². The quantitative estimate of drug-likeness (QED) is 0.553. The van der Waals surface area contributed by atoms with Crippen molar-refractivity contribution in [1.82, 2.24) is 29.9 Å². The van der Waals surface area contributed by atoms with E-state index in [-0.39, 0.29) is 0 Å². The van der Waals surface area contributed by atoms with E-state index in [1.165, 1.54) is 0 Å². The van der Waals surface area contributed by atoms with E-state index in [1.54, 1.807) is 0 Å². The van der Waals surface area contributed by atoms with Crippen LogP contribution in [0, 0.1) is 13.8 Å². The molecule has 98 valence electrons. The van der Waals surface area contributed by atoms with Gasteiger partial charge in [0.1, 0.15) is 11.5 Å². The standard InChI is InChI=1S/C14H12N6/c1-7-4-3-5-9(15-7)12-18-11-6-10-13(17-8(2)16-10)20-14(11)19-12/h3-6H,1-2H3,(H2,16,17,18,19,20). The average Bonchev–Trinajstić information content (AvgIpc) is 2.97.